The number of hydrogen-bond donors (Lipinski definition) is 1. The van der Waals surface area contributed by atoms with Crippen molar-refractivity contribution >= 4 is 32.6 Å². The van der Waals surface area contributed by atoms with Gasteiger partial charge in [-0.25, -0.2) is 13.8 Å². The molecule has 1 aliphatic rings. The number of aromatic nitrogens is 1. The average molecular weight is 387 g/mol. The Balaban J connectivity index is 1.31. The summed E-state index contributed by atoms with van der Waals surface area (Å²) in [5, 5.41) is 3.81. The second-order valence-electron chi connectivity index (χ2n) is 6.73. The van der Waals surface area contributed by atoms with Crippen LogP contribution >= 0.6 is 11.3 Å². The molecule has 1 saturated heterocycles. The van der Waals surface area contributed by atoms with Gasteiger partial charge in [0, 0.05) is 25.7 Å². The van der Waals surface area contributed by atoms with Crippen LogP contribution in [0.25, 0.3) is 10.2 Å². The lowest BCUT2D eigenvalue weighted by Gasteiger charge is -2.31. The topological polar surface area (TPSA) is 45.2 Å². The van der Waals surface area contributed by atoms with Gasteiger partial charge in [0.2, 0.25) is 0 Å². The van der Waals surface area contributed by atoms with Crippen LogP contribution in [-0.2, 0) is 0 Å². The Hall–Kier alpha value is -2.54. The van der Waals surface area contributed by atoms with E-state index in [0.717, 1.165) is 48.7 Å². The largest absolute Gasteiger partial charge is 0.352 e. The molecule has 1 aromatic heterocycles. The third-order valence-corrected chi connectivity index (χ3v) is 5.99. The lowest BCUT2D eigenvalue weighted by molar-refractivity contribution is 0.0941. The maximum Gasteiger partial charge on any atom is 0.254 e. The molecule has 2 heterocycles. The minimum absolute atomic E-state index is 0.122. The summed E-state index contributed by atoms with van der Waals surface area (Å²) in [6, 6.07) is 11.1. The van der Waals surface area contributed by atoms with Crippen LogP contribution in [0.5, 0.6) is 0 Å². The lowest BCUT2D eigenvalue weighted by atomic mass is 9.97. The molecule has 0 bridgehead atoms. The van der Waals surface area contributed by atoms with Gasteiger partial charge in [-0.05, 0) is 43.0 Å². The zero-order valence-corrected chi connectivity index (χ0v) is 15.4. The smallest absolute Gasteiger partial charge is 0.254 e. The van der Waals surface area contributed by atoms with Gasteiger partial charge < -0.3 is 10.2 Å². The van der Waals surface area contributed by atoms with Gasteiger partial charge >= 0.3 is 0 Å². The Kier molecular flexibility index (Phi) is 5.03. The van der Waals surface area contributed by atoms with E-state index in [2.05, 4.69) is 16.3 Å². The highest BCUT2D eigenvalue weighted by molar-refractivity contribution is 7.22. The maximum absolute atomic E-state index is 13.7. The Morgan fingerprint density at radius 3 is 2.70 bits per heavy atom. The number of fused-ring (bicyclic) bond motifs is 1. The third-order valence-electron chi connectivity index (χ3n) is 4.89. The number of thiazole rings is 1. The van der Waals surface area contributed by atoms with E-state index in [1.54, 1.807) is 11.3 Å². The fourth-order valence-corrected chi connectivity index (χ4v) is 4.35. The minimum atomic E-state index is -0.835. The summed E-state index contributed by atoms with van der Waals surface area (Å²) in [6.07, 6.45) is 1.87. The van der Waals surface area contributed by atoms with Crippen molar-refractivity contribution in [3.8, 4) is 0 Å². The molecule has 0 spiro atoms. The molecule has 140 valence electrons. The van der Waals surface area contributed by atoms with E-state index < -0.39 is 17.5 Å². The molecule has 0 unspecified atom stereocenters. The quantitative estimate of drug-likeness (QED) is 0.729. The van der Waals surface area contributed by atoms with Crippen molar-refractivity contribution in [2.45, 2.75) is 12.8 Å². The van der Waals surface area contributed by atoms with E-state index in [4.69, 9.17) is 4.98 Å². The molecule has 7 heteroatoms. The Morgan fingerprint density at radius 1 is 1.19 bits per heavy atom. The number of benzene rings is 2. The van der Waals surface area contributed by atoms with Crippen molar-refractivity contribution in [2.24, 2.45) is 5.92 Å². The summed E-state index contributed by atoms with van der Waals surface area (Å²) in [5.74, 6) is -1.69. The summed E-state index contributed by atoms with van der Waals surface area (Å²) in [4.78, 5) is 19.1. The number of nitrogens with zero attached hydrogens (tertiary/aromatic N) is 2. The SMILES string of the molecule is O=C(NCC1CCN(c2nc3ccccc3s2)CC1)c1ccc(F)cc1F. The molecule has 27 heavy (non-hydrogen) atoms. The van der Waals surface area contributed by atoms with E-state index in [1.807, 2.05) is 18.2 Å². The standard InChI is InChI=1S/C20H19F2N3OS/c21-14-5-6-15(16(22)11-14)19(26)23-12-13-7-9-25(10-8-13)20-24-17-3-1-2-4-18(17)27-20/h1-6,11,13H,7-10,12H2,(H,23,26). The number of carbonyl (C=O) groups is 1. The highest BCUT2D eigenvalue weighted by Gasteiger charge is 2.22. The summed E-state index contributed by atoms with van der Waals surface area (Å²) in [5.41, 5.74) is 0.900. The molecule has 1 fully saturated rings. The zero-order valence-electron chi connectivity index (χ0n) is 14.6. The van der Waals surface area contributed by atoms with Gasteiger partial charge in [-0.2, -0.15) is 0 Å². The predicted octanol–water partition coefficient (Wildman–Crippen LogP) is 4.22. The molecule has 1 N–H and O–H groups in total. The number of carbonyl (C=O) groups excluding carboxylic acids is 1. The second-order valence-corrected chi connectivity index (χ2v) is 7.74. The van der Waals surface area contributed by atoms with Crippen LogP contribution in [0.2, 0.25) is 0 Å². The number of para-hydroxylation sites is 1. The van der Waals surface area contributed by atoms with Crippen LogP contribution < -0.4 is 10.2 Å². The highest BCUT2D eigenvalue weighted by atomic mass is 32.1. The molecule has 4 nitrogen and oxygen atoms in total. The van der Waals surface area contributed by atoms with Crippen molar-refractivity contribution in [1.29, 1.82) is 0 Å². The van der Waals surface area contributed by atoms with Gasteiger partial charge in [-0.1, -0.05) is 23.5 Å². The summed E-state index contributed by atoms with van der Waals surface area (Å²) in [7, 11) is 0. The van der Waals surface area contributed by atoms with Crippen LogP contribution in [0.15, 0.2) is 42.5 Å². The van der Waals surface area contributed by atoms with Gasteiger partial charge in [-0.15, -0.1) is 0 Å². The fourth-order valence-electron chi connectivity index (χ4n) is 3.33. The molecule has 0 atom stereocenters. The minimum Gasteiger partial charge on any atom is -0.352 e. The van der Waals surface area contributed by atoms with Crippen molar-refractivity contribution in [1.82, 2.24) is 10.3 Å². The Bertz CT molecular complexity index is 934. The number of anilines is 1. The number of hydrogen-bond acceptors (Lipinski definition) is 4. The summed E-state index contributed by atoms with van der Waals surface area (Å²) >= 11 is 1.70. The van der Waals surface area contributed by atoms with Crippen LogP contribution in [0.1, 0.15) is 23.2 Å². The van der Waals surface area contributed by atoms with Gasteiger partial charge in [0.1, 0.15) is 11.6 Å². The zero-order chi connectivity index (χ0) is 18.8. The Labute approximate surface area is 159 Å². The number of rotatable bonds is 4. The number of halogens is 2. The van der Waals surface area contributed by atoms with Crippen molar-refractivity contribution < 1.29 is 13.6 Å². The van der Waals surface area contributed by atoms with Crippen molar-refractivity contribution in [3.05, 3.63) is 59.7 Å². The number of nitrogens with one attached hydrogen (secondary N) is 1. The van der Waals surface area contributed by atoms with Crippen LogP contribution in [0, 0.1) is 17.6 Å². The molecule has 0 saturated carbocycles. The van der Waals surface area contributed by atoms with E-state index in [9.17, 15) is 13.6 Å². The van der Waals surface area contributed by atoms with Crippen LogP contribution in [0.4, 0.5) is 13.9 Å². The molecular weight excluding hydrogens is 368 g/mol. The third kappa shape index (κ3) is 3.93. The monoisotopic (exact) mass is 387 g/mol. The van der Waals surface area contributed by atoms with Crippen molar-refractivity contribution in [2.75, 3.05) is 24.5 Å². The van der Waals surface area contributed by atoms with E-state index in [0.29, 0.717) is 12.5 Å². The average Bonchev–Trinajstić information content (AvgIpc) is 3.11. The number of piperidine rings is 1. The molecule has 1 amide bonds. The molecule has 0 radical (unpaired) electrons. The molecular formula is C20H19F2N3OS. The van der Waals surface area contributed by atoms with Gasteiger partial charge in [0.05, 0.1) is 15.8 Å². The summed E-state index contributed by atoms with van der Waals surface area (Å²) < 4.78 is 27.8. The molecule has 4 rings (SSSR count). The highest BCUT2D eigenvalue weighted by Crippen LogP contribution is 2.31. The first kappa shape index (κ1) is 17.9. The predicted molar refractivity (Wildman–Crippen MR) is 103 cm³/mol. The van der Waals surface area contributed by atoms with E-state index in [1.165, 1.54) is 10.8 Å². The molecule has 1 aliphatic heterocycles. The molecule has 0 aliphatic carbocycles. The van der Waals surface area contributed by atoms with Gasteiger partial charge in [0.15, 0.2) is 5.13 Å². The van der Waals surface area contributed by atoms with Crippen molar-refractivity contribution in [3.63, 3.8) is 0 Å². The van der Waals surface area contributed by atoms with Crippen LogP contribution in [0.3, 0.4) is 0 Å². The maximum atomic E-state index is 13.7. The summed E-state index contributed by atoms with van der Waals surface area (Å²) in [6.45, 7) is 2.25. The first-order valence-electron chi connectivity index (χ1n) is 8.94. The normalized spacial score (nSPS) is 15.3. The number of amides is 1. The first-order chi connectivity index (χ1) is 13.1. The van der Waals surface area contributed by atoms with Crippen LogP contribution in [-0.4, -0.2) is 30.5 Å². The Morgan fingerprint density at radius 2 is 1.96 bits per heavy atom. The first-order valence-corrected chi connectivity index (χ1v) is 9.75. The molecule has 3 aromatic rings. The second kappa shape index (κ2) is 7.60. The molecule has 2 aromatic carbocycles. The fraction of sp³-hybridized carbons (Fsp3) is 0.300. The lowest BCUT2D eigenvalue weighted by Crippen LogP contribution is -2.38. The van der Waals surface area contributed by atoms with Gasteiger partial charge in [-0.3, -0.25) is 4.79 Å². The van der Waals surface area contributed by atoms with Gasteiger partial charge in [0.25, 0.3) is 5.91 Å². The van der Waals surface area contributed by atoms with E-state index >= 15 is 0 Å². The van der Waals surface area contributed by atoms with E-state index in [-0.39, 0.29) is 5.56 Å².